The molecule has 7 aromatic carbocycles. The fourth-order valence-electron chi connectivity index (χ4n) is 8.81. The Morgan fingerprint density at radius 1 is 0.429 bits per heavy atom. The average Bonchev–Trinajstić information content (AvgIpc) is 3.76. The molecule has 10 aromatic rings. The predicted molar refractivity (Wildman–Crippen MR) is 227 cm³/mol. The number of nitrogens with zero attached hydrogens (tertiary/aromatic N) is 4. The van der Waals surface area contributed by atoms with Gasteiger partial charge in [0.1, 0.15) is 11.2 Å². The molecule has 0 N–H and O–H groups in total. The van der Waals surface area contributed by atoms with Crippen LogP contribution in [0.25, 0.3) is 100 Å². The second-order valence-corrected chi connectivity index (χ2v) is 15.0. The molecule has 3 aromatic heterocycles. The van der Waals surface area contributed by atoms with Gasteiger partial charge in [0.05, 0.1) is 5.52 Å². The van der Waals surface area contributed by atoms with Gasteiger partial charge in [-0.2, -0.15) is 0 Å². The molecule has 5 heteroatoms. The van der Waals surface area contributed by atoms with E-state index in [2.05, 4.69) is 146 Å². The Morgan fingerprint density at radius 2 is 1.04 bits per heavy atom. The van der Waals surface area contributed by atoms with Gasteiger partial charge in [-0.05, 0) is 57.1 Å². The molecular formula is C51H34N4O. The summed E-state index contributed by atoms with van der Waals surface area (Å²) in [7, 11) is 0. The Morgan fingerprint density at radius 3 is 1.89 bits per heavy atom. The topological polar surface area (TPSA) is 64.7 Å². The molecule has 0 atom stereocenters. The number of hydrogen-bond donors (Lipinski definition) is 0. The quantitative estimate of drug-likeness (QED) is 0.177. The number of rotatable bonds is 5. The van der Waals surface area contributed by atoms with Gasteiger partial charge in [-0.25, -0.2) is 15.0 Å². The van der Waals surface area contributed by atoms with Gasteiger partial charge in [0, 0.05) is 50.0 Å². The molecule has 0 saturated heterocycles. The van der Waals surface area contributed by atoms with E-state index in [1.54, 1.807) is 0 Å². The molecule has 0 aliphatic heterocycles. The Kier molecular flexibility index (Phi) is 7.13. The first-order valence-electron chi connectivity index (χ1n) is 19.0. The van der Waals surface area contributed by atoms with E-state index in [1.807, 2.05) is 42.6 Å². The zero-order valence-electron chi connectivity index (χ0n) is 30.9. The summed E-state index contributed by atoms with van der Waals surface area (Å²) < 4.78 is 6.75. The Labute approximate surface area is 324 Å². The third kappa shape index (κ3) is 4.94. The van der Waals surface area contributed by atoms with Crippen molar-refractivity contribution in [1.29, 1.82) is 0 Å². The number of pyridine rings is 1. The van der Waals surface area contributed by atoms with E-state index < -0.39 is 0 Å². The van der Waals surface area contributed by atoms with Crippen molar-refractivity contribution in [2.24, 2.45) is 0 Å². The van der Waals surface area contributed by atoms with Crippen molar-refractivity contribution < 1.29 is 4.42 Å². The van der Waals surface area contributed by atoms with Gasteiger partial charge in [0.25, 0.3) is 0 Å². The largest absolute Gasteiger partial charge is 0.455 e. The summed E-state index contributed by atoms with van der Waals surface area (Å²) >= 11 is 0. The maximum atomic E-state index is 6.75. The van der Waals surface area contributed by atoms with Gasteiger partial charge in [-0.1, -0.05) is 159 Å². The number of fused-ring (bicyclic) bond motifs is 7. The normalized spacial score (nSPS) is 13.0. The van der Waals surface area contributed by atoms with Gasteiger partial charge >= 0.3 is 0 Å². The van der Waals surface area contributed by atoms with Crippen molar-refractivity contribution in [3.05, 3.63) is 181 Å². The lowest BCUT2D eigenvalue weighted by atomic mass is 9.80. The maximum absolute atomic E-state index is 6.75. The van der Waals surface area contributed by atoms with Gasteiger partial charge < -0.3 is 4.42 Å². The van der Waals surface area contributed by atoms with Gasteiger partial charge in [-0.3, -0.25) is 4.98 Å². The number of furan rings is 1. The lowest BCUT2D eigenvalue weighted by molar-refractivity contribution is 0.661. The van der Waals surface area contributed by atoms with E-state index >= 15 is 0 Å². The number of benzene rings is 7. The highest BCUT2D eigenvalue weighted by molar-refractivity contribution is 6.15. The van der Waals surface area contributed by atoms with E-state index in [1.165, 1.54) is 22.3 Å². The summed E-state index contributed by atoms with van der Waals surface area (Å²) in [4.78, 5) is 20.2. The minimum atomic E-state index is -0.232. The molecule has 56 heavy (non-hydrogen) atoms. The first-order valence-corrected chi connectivity index (χ1v) is 19.0. The molecule has 1 aliphatic rings. The van der Waals surface area contributed by atoms with Crippen molar-refractivity contribution in [2.45, 2.75) is 19.3 Å². The van der Waals surface area contributed by atoms with Crippen LogP contribution in [0.2, 0.25) is 0 Å². The average molecular weight is 719 g/mol. The monoisotopic (exact) mass is 718 g/mol. The van der Waals surface area contributed by atoms with E-state index in [4.69, 9.17) is 19.4 Å². The van der Waals surface area contributed by atoms with Crippen LogP contribution < -0.4 is 0 Å². The van der Waals surface area contributed by atoms with Gasteiger partial charge in [0.15, 0.2) is 17.5 Å². The third-order valence-electron chi connectivity index (χ3n) is 11.4. The first-order chi connectivity index (χ1) is 27.5. The summed E-state index contributed by atoms with van der Waals surface area (Å²) in [6.07, 6.45) is 1.84. The molecule has 3 heterocycles. The Hall–Kier alpha value is -7.24. The SMILES string of the molecule is CC1(C)c2ccccc2-c2cccc(-c3nc(-c4ccccc4)nc(-c4cccc5oc6c(-c7ccc(-c8cccc9ncccc89)cc7)cccc6c45)n3)c21. The van der Waals surface area contributed by atoms with Gasteiger partial charge in [0.2, 0.25) is 0 Å². The minimum Gasteiger partial charge on any atom is -0.455 e. The molecule has 264 valence electrons. The summed E-state index contributed by atoms with van der Waals surface area (Å²) in [6.45, 7) is 4.60. The molecule has 1 aliphatic carbocycles. The van der Waals surface area contributed by atoms with E-state index in [9.17, 15) is 0 Å². The minimum absolute atomic E-state index is 0.232. The highest BCUT2D eigenvalue weighted by atomic mass is 16.3. The van der Waals surface area contributed by atoms with Crippen molar-refractivity contribution in [3.8, 4) is 67.5 Å². The lowest BCUT2D eigenvalue weighted by Gasteiger charge is -2.24. The molecule has 0 unspecified atom stereocenters. The third-order valence-corrected chi connectivity index (χ3v) is 11.4. The van der Waals surface area contributed by atoms with Crippen LogP contribution in [0.5, 0.6) is 0 Å². The summed E-state index contributed by atoms with van der Waals surface area (Å²) in [5, 5.41) is 3.13. The molecule has 0 saturated carbocycles. The van der Waals surface area contributed by atoms with Crippen LogP contribution in [-0.4, -0.2) is 19.9 Å². The Bertz CT molecular complexity index is 3160. The van der Waals surface area contributed by atoms with Crippen molar-refractivity contribution in [3.63, 3.8) is 0 Å². The predicted octanol–water partition coefficient (Wildman–Crippen LogP) is 13.0. The summed E-state index contributed by atoms with van der Waals surface area (Å²) in [6, 6.07) is 57.0. The molecular weight excluding hydrogens is 685 g/mol. The zero-order chi connectivity index (χ0) is 37.4. The lowest BCUT2D eigenvalue weighted by Crippen LogP contribution is -2.17. The zero-order valence-corrected chi connectivity index (χ0v) is 30.9. The second kappa shape index (κ2) is 12.4. The van der Waals surface area contributed by atoms with E-state index in [0.29, 0.717) is 17.5 Å². The van der Waals surface area contributed by atoms with Crippen LogP contribution in [-0.2, 0) is 5.41 Å². The fourth-order valence-corrected chi connectivity index (χ4v) is 8.81. The van der Waals surface area contributed by atoms with Crippen molar-refractivity contribution in [1.82, 2.24) is 19.9 Å². The van der Waals surface area contributed by atoms with Crippen molar-refractivity contribution in [2.75, 3.05) is 0 Å². The van der Waals surface area contributed by atoms with Crippen LogP contribution >= 0.6 is 0 Å². The number of para-hydroxylation sites is 1. The smallest absolute Gasteiger partial charge is 0.164 e. The Balaban J connectivity index is 1.08. The summed E-state index contributed by atoms with van der Waals surface area (Å²) in [5.74, 6) is 1.88. The van der Waals surface area contributed by atoms with Crippen LogP contribution in [0.1, 0.15) is 25.0 Å². The first kappa shape index (κ1) is 32.2. The number of aromatic nitrogens is 4. The second-order valence-electron chi connectivity index (χ2n) is 15.0. The van der Waals surface area contributed by atoms with Crippen LogP contribution in [0.3, 0.4) is 0 Å². The van der Waals surface area contributed by atoms with Gasteiger partial charge in [-0.15, -0.1) is 0 Å². The summed E-state index contributed by atoms with van der Waals surface area (Å²) in [5.41, 5.74) is 14.6. The molecule has 0 amide bonds. The molecule has 0 radical (unpaired) electrons. The van der Waals surface area contributed by atoms with Crippen LogP contribution in [0.15, 0.2) is 174 Å². The van der Waals surface area contributed by atoms with Crippen LogP contribution in [0.4, 0.5) is 0 Å². The van der Waals surface area contributed by atoms with Crippen LogP contribution in [0, 0.1) is 0 Å². The van der Waals surface area contributed by atoms with E-state index in [-0.39, 0.29) is 5.41 Å². The fraction of sp³-hybridized carbons (Fsp3) is 0.0588. The molecule has 11 rings (SSSR count). The molecule has 0 fully saturated rings. The standard InChI is InChI=1S/C51H34N4O/c1-51(2)42-23-7-6-15-36(42)38-18-9-21-41(46(38)51)50-54-48(33-13-4-3-5-14-33)53-49(55-50)40-20-11-25-44-45(40)39-19-8-17-35(47(39)56-44)32-28-26-31(27-29-32)34-16-10-24-43-37(34)22-12-30-52-43/h3-30H,1-2H3. The highest BCUT2D eigenvalue weighted by Crippen LogP contribution is 2.52. The van der Waals surface area contributed by atoms with E-state index in [0.717, 1.165) is 71.8 Å². The van der Waals surface area contributed by atoms with Crippen molar-refractivity contribution >= 4 is 32.8 Å². The highest BCUT2D eigenvalue weighted by Gasteiger charge is 2.38. The molecule has 5 nitrogen and oxygen atoms in total. The molecule has 0 bridgehead atoms. The molecule has 0 spiro atoms. The maximum Gasteiger partial charge on any atom is 0.164 e. The number of hydrogen-bond acceptors (Lipinski definition) is 5.